The summed E-state index contributed by atoms with van der Waals surface area (Å²) in [6.45, 7) is 1.38. The molecule has 178 valence electrons. The summed E-state index contributed by atoms with van der Waals surface area (Å²) in [4.78, 5) is 47.8. The second kappa shape index (κ2) is 10.6. The predicted octanol–water partition coefficient (Wildman–Crippen LogP) is 1.53. The summed E-state index contributed by atoms with van der Waals surface area (Å²) in [7, 11) is 0. The minimum absolute atomic E-state index is 0.0151. The van der Waals surface area contributed by atoms with E-state index >= 15 is 0 Å². The van der Waals surface area contributed by atoms with Crippen LogP contribution in [0.25, 0.3) is 10.8 Å². The summed E-state index contributed by atoms with van der Waals surface area (Å²) < 4.78 is 0. The quantitative estimate of drug-likeness (QED) is 0.264. The second-order valence-electron chi connectivity index (χ2n) is 8.77. The molecule has 0 bridgehead atoms. The Hall–Kier alpha value is -3.56. The van der Waals surface area contributed by atoms with Crippen LogP contribution in [-0.4, -0.2) is 56.7 Å². The molecule has 0 saturated carbocycles. The van der Waals surface area contributed by atoms with E-state index in [0.717, 1.165) is 29.2 Å². The lowest BCUT2D eigenvalue weighted by atomic mass is 9.91. The van der Waals surface area contributed by atoms with Gasteiger partial charge in [0.2, 0.25) is 11.8 Å². The van der Waals surface area contributed by atoms with Crippen molar-refractivity contribution in [3.63, 3.8) is 0 Å². The number of benzene rings is 2. The number of rotatable bonds is 8. The molecule has 0 aliphatic carbocycles. The molecule has 1 aliphatic heterocycles. The number of likely N-dealkylation sites (tertiary alicyclic amines) is 1. The number of hydrogen-bond donors (Lipinski definition) is 3. The lowest BCUT2D eigenvalue weighted by molar-refractivity contribution is -0.150. The van der Waals surface area contributed by atoms with Crippen molar-refractivity contribution in [3.8, 4) is 0 Å². The van der Waals surface area contributed by atoms with E-state index in [-0.39, 0.29) is 25.2 Å². The molecule has 3 aromatic rings. The number of carbonyl (C=O) groups is 3. The van der Waals surface area contributed by atoms with Gasteiger partial charge in [0.1, 0.15) is 0 Å². The van der Waals surface area contributed by atoms with Crippen LogP contribution >= 0.6 is 0 Å². The average molecular weight is 463 g/mol. The molecular weight excluding hydrogens is 432 g/mol. The number of imidazole rings is 1. The molecule has 2 atom stereocenters. The molecule has 1 fully saturated rings. The fraction of sp³-hybridized carbons (Fsp3) is 0.360. The smallest absolute Gasteiger partial charge is 0.260 e. The van der Waals surface area contributed by atoms with Gasteiger partial charge in [-0.25, -0.2) is 15.8 Å². The van der Waals surface area contributed by atoms with Crippen molar-refractivity contribution in [2.45, 2.75) is 38.1 Å². The van der Waals surface area contributed by atoms with Crippen molar-refractivity contribution in [3.05, 3.63) is 66.2 Å². The number of amides is 3. The summed E-state index contributed by atoms with van der Waals surface area (Å²) >= 11 is 0. The van der Waals surface area contributed by atoms with E-state index in [2.05, 4.69) is 9.97 Å². The number of imide groups is 1. The number of hydrogen-bond acceptors (Lipinski definition) is 6. The minimum Gasteiger partial charge on any atom is -0.348 e. The van der Waals surface area contributed by atoms with Gasteiger partial charge in [-0.05, 0) is 35.6 Å². The molecule has 1 saturated heterocycles. The number of aromatic nitrogens is 2. The number of nitrogens with one attached hydrogen (secondary N) is 1. The Balaban J connectivity index is 1.55. The van der Waals surface area contributed by atoms with Gasteiger partial charge in [-0.3, -0.25) is 14.4 Å². The fourth-order valence-corrected chi connectivity index (χ4v) is 4.49. The van der Waals surface area contributed by atoms with Crippen LogP contribution in [0.4, 0.5) is 0 Å². The number of aromatic amines is 1. The van der Waals surface area contributed by atoms with E-state index < -0.39 is 23.8 Å². The van der Waals surface area contributed by atoms with E-state index in [1.807, 2.05) is 42.5 Å². The van der Waals surface area contributed by atoms with Gasteiger partial charge in [-0.1, -0.05) is 42.5 Å². The Morgan fingerprint density at radius 1 is 1.03 bits per heavy atom. The first kappa shape index (κ1) is 23.6. The number of fused-ring (bicyclic) bond motifs is 1. The summed E-state index contributed by atoms with van der Waals surface area (Å²) in [5.74, 6) is 3.80. The largest absolute Gasteiger partial charge is 0.348 e. The number of H-pyrrole nitrogens is 1. The molecule has 1 unspecified atom stereocenters. The SMILES string of the molecule is N[C@@H](Cc1cnc[nH]1)C(=O)N(N)C(=O)C(CC(=O)N1CCCC1)Cc1cccc2ccccc12. The van der Waals surface area contributed by atoms with E-state index in [0.29, 0.717) is 23.8 Å². The van der Waals surface area contributed by atoms with Gasteiger partial charge in [0.15, 0.2) is 0 Å². The highest BCUT2D eigenvalue weighted by atomic mass is 16.2. The van der Waals surface area contributed by atoms with Gasteiger partial charge in [-0.15, -0.1) is 0 Å². The molecule has 0 radical (unpaired) electrons. The second-order valence-corrected chi connectivity index (χ2v) is 8.77. The Bertz CT molecular complexity index is 1150. The third-order valence-corrected chi connectivity index (χ3v) is 6.36. The van der Waals surface area contributed by atoms with Gasteiger partial charge < -0.3 is 15.6 Å². The van der Waals surface area contributed by atoms with Crippen molar-refractivity contribution in [2.24, 2.45) is 17.5 Å². The standard InChI is InChI=1S/C25H30N6O3/c26-22(14-20-15-28-16-29-20)25(34)31(27)24(33)19(13-23(32)30-10-3-4-11-30)12-18-8-5-7-17-6-1-2-9-21(17)18/h1-2,5-9,15-16,19,22H,3-4,10-14,26-27H2,(H,28,29)/t19?,22-/m0/s1. The van der Waals surface area contributed by atoms with Crippen LogP contribution in [0, 0.1) is 5.92 Å². The fourth-order valence-electron chi connectivity index (χ4n) is 4.49. The third-order valence-electron chi connectivity index (χ3n) is 6.36. The normalized spacial score (nSPS) is 15.3. The first-order valence-corrected chi connectivity index (χ1v) is 11.5. The lowest BCUT2D eigenvalue weighted by Crippen LogP contribution is -2.54. The number of hydrazine groups is 1. The zero-order chi connectivity index (χ0) is 24.1. The molecule has 4 rings (SSSR count). The summed E-state index contributed by atoms with van der Waals surface area (Å²) in [5.41, 5.74) is 7.62. The predicted molar refractivity (Wildman–Crippen MR) is 128 cm³/mol. The van der Waals surface area contributed by atoms with Crippen molar-refractivity contribution < 1.29 is 14.4 Å². The highest BCUT2D eigenvalue weighted by Gasteiger charge is 2.33. The van der Waals surface area contributed by atoms with Crippen LogP contribution in [0.15, 0.2) is 55.0 Å². The lowest BCUT2D eigenvalue weighted by Gasteiger charge is -2.25. The molecule has 3 amide bonds. The summed E-state index contributed by atoms with van der Waals surface area (Å²) in [5, 5.41) is 2.63. The monoisotopic (exact) mass is 462 g/mol. The molecule has 1 aliphatic rings. The average Bonchev–Trinajstić information content (AvgIpc) is 3.57. The number of carbonyl (C=O) groups excluding carboxylic acids is 3. The Kier molecular flexibility index (Phi) is 7.34. The van der Waals surface area contributed by atoms with E-state index in [1.165, 1.54) is 6.33 Å². The number of nitrogens with zero attached hydrogens (tertiary/aromatic N) is 3. The van der Waals surface area contributed by atoms with Crippen LogP contribution < -0.4 is 11.6 Å². The Morgan fingerprint density at radius 2 is 1.76 bits per heavy atom. The van der Waals surface area contributed by atoms with Gasteiger partial charge in [0.05, 0.1) is 18.3 Å². The van der Waals surface area contributed by atoms with Crippen LogP contribution in [0.2, 0.25) is 0 Å². The molecule has 2 heterocycles. The van der Waals surface area contributed by atoms with Crippen molar-refractivity contribution in [2.75, 3.05) is 13.1 Å². The zero-order valence-corrected chi connectivity index (χ0v) is 19.0. The van der Waals surface area contributed by atoms with Crippen LogP contribution in [-0.2, 0) is 27.2 Å². The molecule has 9 heteroatoms. The van der Waals surface area contributed by atoms with E-state index in [4.69, 9.17) is 11.6 Å². The molecule has 0 spiro atoms. The maximum Gasteiger partial charge on any atom is 0.260 e. The highest BCUT2D eigenvalue weighted by Crippen LogP contribution is 2.24. The maximum atomic E-state index is 13.4. The van der Waals surface area contributed by atoms with Crippen molar-refractivity contribution in [1.29, 1.82) is 0 Å². The molecular formula is C25H30N6O3. The Labute approximate surface area is 198 Å². The maximum absolute atomic E-state index is 13.4. The van der Waals surface area contributed by atoms with Gasteiger partial charge in [0.25, 0.3) is 5.91 Å². The van der Waals surface area contributed by atoms with E-state index in [1.54, 1.807) is 11.1 Å². The van der Waals surface area contributed by atoms with Gasteiger partial charge in [-0.2, -0.15) is 0 Å². The van der Waals surface area contributed by atoms with Crippen molar-refractivity contribution >= 4 is 28.5 Å². The van der Waals surface area contributed by atoms with Gasteiger partial charge >= 0.3 is 0 Å². The highest BCUT2D eigenvalue weighted by molar-refractivity contribution is 5.99. The van der Waals surface area contributed by atoms with Gasteiger partial charge in [0, 0.05) is 37.8 Å². The van der Waals surface area contributed by atoms with Crippen LogP contribution in [0.1, 0.15) is 30.5 Å². The van der Waals surface area contributed by atoms with E-state index in [9.17, 15) is 14.4 Å². The first-order valence-electron chi connectivity index (χ1n) is 11.5. The topological polar surface area (TPSA) is 138 Å². The third kappa shape index (κ3) is 5.32. The molecule has 34 heavy (non-hydrogen) atoms. The first-order chi connectivity index (χ1) is 16.4. The molecule has 9 nitrogen and oxygen atoms in total. The Morgan fingerprint density at radius 3 is 2.50 bits per heavy atom. The van der Waals surface area contributed by atoms with Crippen molar-refractivity contribution in [1.82, 2.24) is 19.9 Å². The summed E-state index contributed by atoms with van der Waals surface area (Å²) in [6.07, 6.45) is 5.40. The number of nitrogens with two attached hydrogens (primary N) is 2. The summed E-state index contributed by atoms with van der Waals surface area (Å²) in [6, 6.07) is 12.7. The van der Waals surface area contributed by atoms with Crippen LogP contribution in [0.3, 0.4) is 0 Å². The molecule has 2 aromatic carbocycles. The zero-order valence-electron chi connectivity index (χ0n) is 19.0. The van der Waals surface area contributed by atoms with Crippen LogP contribution in [0.5, 0.6) is 0 Å². The molecule has 5 N–H and O–H groups in total. The minimum atomic E-state index is -1.01. The molecule has 1 aromatic heterocycles.